The number of benzene rings is 1. The lowest BCUT2D eigenvalue weighted by Gasteiger charge is -2.04. The van der Waals surface area contributed by atoms with Crippen LogP contribution in [-0.2, 0) is 6.54 Å². The van der Waals surface area contributed by atoms with Crippen molar-refractivity contribution in [1.82, 2.24) is 0 Å². The summed E-state index contributed by atoms with van der Waals surface area (Å²) < 4.78 is 0. The first-order valence-electron chi connectivity index (χ1n) is 3.90. The first kappa shape index (κ1) is 9.54. The Hall–Kier alpha value is -1.55. The van der Waals surface area contributed by atoms with Crippen LogP contribution >= 0.6 is 0 Å². The zero-order valence-corrected chi connectivity index (χ0v) is 7.36. The number of hydrogen-bond donors (Lipinski definition) is 3. The number of rotatable bonds is 2. The first-order chi connectivity index (χ1) is 6.19. The monoisotopic (exact) mass is 180 g/mol. The number of hydrogen-bond acceptors (Lipinski definition) is 4. The third-order valence-corrected chi connectivity index (χ3v) is 1.87. The van der Waals surface area contributed by atoms with E-state index in [4.69, 9.17) is 10.9 Å². The molecule has 0 aliphatic heterocycles. The molecule has 4 nitrogen and oxygen atoms in total. The molecule has 0 fully saturated rings. The van der Waals surface area contributed by atoms with Crippen LogP contribution in [0.1, 0.15) is 18.1 Å². The first-order valence-corrected chi connectivity index (χ1v) is 3.90. The zero-order valence-electron chi connectivity index (χ0n) is 7.36. The molecule has 13 heavy (non-hydrogen) atoms. The minimum absolute atomic E-state index is 0.164. The van der Waals surface area contributed by atoms with E-state index in [0.717, 1.165) is 5.56 Å². The molecule has 0 amide bonds. The van der Waals surface area contributed by atoms with Crippen LogP contribution in [0.25, 0.3) is 0 Å². The Balaban J connectivity index is 3.13. The Labute approximate surface area is 76.3 Å². The summed E-state index contributed by atoms with van der Waals surface area (Å²) in [7, 11) is 0. The predicted octanol–water partition coefficient (Wildman–Crippen LogP) is 1.05. The lowest BCUT2D eigenvalue weighted by atomic mass is 10.1. The molecule has 0 bridgehead atoms. The van der Waals surface area contributed by atoms with Crippen LogP contribution < -0.4 is 5.73 Å². The summed E-state index contributed by atoms with van der Waals surface area (Å²) in [6, 6.07) is 4.90. The van der Waals surface area contributed by atoms with Crippen LogP contribution in [0.5, 0.6) is 5.75 Å². The largest absolute Gasteiger partial charge is 0.508 e. The second-order valence-corrected chi connectivity index (χ2v) is 2.73. The van der Waals surface area contributed by atoms with E-state index >= 15 is 0 Å². The van der Waals surface area contributed by atoms with E-state index < -0.39 is 0 Å². The van der Waals surface area contributed by atoms with E-state index in [1.54, 1.807) is 19.1 Å². The van der Waals surface area contributed by atoms with Gasteiger partial charge < -0.3 is 16.0 Å². The Kier molecular flexibility index (Phi) is 2.87. The molecule has 0 aliphatic rings. The molecule has 0 aliphatic carbocycles. The van der Waals surface area contributed by atoms with Gasteiger partial charge in [0.2, 0.25) is 0 Å². The highest BCUT2D eigenvalue weighted by atomic mass is 16.4. The smallest absolute Gasteiger partial charge is 0.120 e. The summed E-state index contributed by atoms with van der Waals surface area (Å²) >= 11 is 0. The molecule has 0 heterocycles. The van der Waals surface area contributed by atoms with Crippen LogP contribution in [0, 0.1) is 0 Å². The summed E-state index contributed by atoms with van der Waals surface area (Å²) in [4.78, 5) is 0. The van der Waals surface area contributed by atoms with Crippen LogP contribution in [0.15, 0.2) is 23.4 Å². The van der Waals surface area contributed by atoms with Gasteiger partial charge in [-0.3, -0.25) is 0 Å². The fourth-order valence-electron chi connectivity index (χ4n) is 1.03. The fourth-order valence-corrected chi connectivity index (χ4v) is 1.03. The number of phenolic OH excluding ortho intramolecular Hbond substituents is 1. The molecule has 0 radical (unpaired) electrons. The molecule has 4 N–H and O–H groups in total. The molecule has 0 unspecified atom stereocenters. The molecular formula is C9H12N2O2. The Morgan fingerprint density at radius 2 is 2.23 bits per heavy atom. The van der Waals surface area contributed by atoms with Gasteiger partial charge in [0.05, 0.1) is 5.71 Å². The third kappa shape index (κ3) is 1.97. The molecule has 0 atom stereocenters. The summed E-state index contributed by atoms with van der Waals surface area (Å²) in [5.41, 5.74) is 7.28. The number of oxime groups is 1. The highest BCUT2D eigenvalue weighted by Gasteiger charge is 2.03. The Morgan fingerprint density at radius 1 is 1.54 bits per heavy atom. The van der Waals surface area contributed by atoms with Crippen molar-refractivity contribution in [2.45, 2.75) is 13.5 Å². The number of aromatic hydroxyl groups is 1. The van der Waals surface area contributed by atoms with Crippen LogP contribution in [0.2, 0.25) is 0 Å². The van der Waals surface area contributed by atoms with Gasteiger partial charge in [0.15, 0.2) is 0 Å². The average molecular weight is 180 g/mol. The summed E-state index contributed by atoms with van der Waals surface area (Å²) in [6.07, 6.45) is 0. The second-order valence-electron chi connectivity index (χ2n) is 2.73. The quantitative estimate of drug-likeness (QED) is 0.361. The van der Waals surface area contributed by atoms with Gasteiger partial charge in [0.25, 0.3) is 0 Å². The van der Waals surface area contributed by atoms with Crippen molar-refractivity contribution in [3.05, 3.63) is 29.3 Å². The van der Waals surface area contributed by atoms with Crippen LogP contribution in [0.3, 0.4) is 0 Å². The molecule has 0 aromatic heterocycles. The van der Waals surface area contributed by atoms with Gasteiger partial charge in [-0.25, -0.2) is 0 Å². The Morgan fingerprint density at radius 3 is 2.77 bits per heavy atom. The van der Waals surface area contributed by atoms with E-state index in [1.165, 1.54) is 6.07 Å². The van der Waals surface area contributed by atoms with Crippen molar-refractivity contribution in [3.8, 4) is 5.75 Å². The van der Waals surface area contributed by atoms with Gasteiger partial charge in [-0.15, -0.1) is 0 Å². The standard InChI is InChI=1S/C9H12N2O2/c1-6(11-13)7-2-3-9(12)8(4-7)5-10/h2-4,12-13H,5,10H2,1H3. The number of nitrogens with two attached hydrogens (primary N) is 1. The van der Waals surface area contributed by atoms with Crippen molar-refractivity contribution in [2.24, 2.45) is 10.9 Å². The second kappa shape index (κ2) is 3.91. The molecule has 0 saturated heterocycles. The maximum absolute atomic E-state index is 9.31. The van der Waals surface area contributed by atoms with Crippen LogP contribution in [-0.4, -0.2) is 16.0 Å². The molecule has 70 valence electrons. The van der Waals surface area contributed by atoms with Gasteiger partial charge in [-0.2, -0.15) is 0 Å². The van der Waals surface area contributed by atoms with Crippen LogP contribution in [0.4, 0.5) is 0 Å². The lowest BCUT2D eigenvalue weighted by molar-refractivity contribution is 0.319. The van der Waals surface area contributed by atoms with E-state index in [-0.39, 0.29) is 12.3 Å². The van der Waals surface area contributed by atoms with Crippen molar-refractivity contribution < 1.29 is 10.3 Å². The van der Waals surface area contributed by atoms with E-state index in [2.05, 4.69) is 5.16 Å². The zero-order chi connectivity index (χ0) is 9.84. The van der Waals surface area contributed by atoms with E-state index in [9.17, 15) is 5.11 Å². The van der Waals surface area contributed by atoms with Crippen molar-refractivity contribution in [1.29, 1.82) is 0 Å². The van der Waals surface area contributed by atoms with E-state index in [1.807, 2.05) is 0 Å². The van der Waals surface area contributed by atoms with Crippen molar-refractivity contribution in [2.75, 3.05) is 0 Å². The SMILES string of the molecule is CC(=NO)c1ccc(O)c(CN)c1. The fraction of sp³-hybridized carbons (Fsp3) is 0.222. The van der Waals surface area contributed by atoms with Gasteiger partial charge in [0, 0.05) is 12.1 Å². The highest BCUT2D eigenvalue weighted by molar-refractivity contribution is 5.98. The Bertz CT molecular complexity index is 334. The van der Waals surface area contributed by atoms with Gasteiger partial charge in [-0.1, -0.05) is 5.16 Å². The molecule has 1 rings (SSSR count). The summed E-state index contributed by atoms with van der Waals surface area (Å²) in [6.45, 7) is 1.94. The van der Waals surface area contributed by atoms with Crippen molar-refractivity contribution >= 4 is 5.71 Å². The minimum Gasteiger partial charge on any atom is -0.508 e. The molecule has 0 spiro atoms. The van der Waals surface area contributed by atoms with Gasteiger partial charge in [-0.05, 0) is 30.7 Å². The molecule has 1 aromatic rings. The summed E-state index contributed by atoms with van der Waals surface area (Å²) in [5.74, 6) is 0.164. The maximum atomic E-state index is 9.31. The van der Waals surface area contributed by atoms with Crippen molar-refractivity contribution in [3.63, 3.8) is 0 Å². The molecule has 4 heteroatoms. The average Bonchev–Trinajstić information content (AvgIpc) is 2.17. The normalized spacial score (nSPS) is 11.7. The molecular weight excluding hydrogens is 168 g/mol. The van der Waals surface area contributed by atoms with E-state index in [0.29, 0.717) is 11.3 Å². The van der Waals surface area contributed by atoms with Gasteiger partial charge in [0.1, 0.15) is 5.75 Å². The molecule has 1 aromatic carbocycles. The topological polar surface area (TPSA) is 78.8 Å². The van der Waals surface area contributed by atoms with Gasteiger partial charge >= 0.3 is 0 Å². The molecule has 0 saturated carbocycles. The predicted molar refractivity (Wildman–Crippen MR) is 50.0 cm³/mol. The number of phenols is 1. The lowest BCUT2D eigenvalue weighted by Crippen LogP contribution is -2.00. The highest BCUT2D eigenvalue weighted by Crippen LogP contribution is 2.18. The maximum Gasteiger partial charge on any atom is 0.120 e. The summed E-state index contributed by atoms with van der Waals surface area (Å²) in [5, 5.41) is 20.9. The number of nitrogens with zero attached hydrogens (tertiary/aromatic N) is 1. The minimum atomic E-state index is 0.164. The third-order valence-electron chi connectivity index (χ3n) is 1.87.